The molecule has 2 aromatic rings. The summed E-state index contributed by atoms with van der Waals surface area (Å²) in [6.45, 7) is 9.48. The summed E-state index contributed by atoms with van der Waals surface area (Å²) in [5.41, 5.74) is 2.30. The highest BCUT2D eigenvalue weighted by molar-refractivity contribution is 7.80. The highest BCUT2D eigenvalue weighted by atomic mass is 35.5. The maximum absolute atomic E-state index is 6.29. The Morgan fingerprint density at radius 3 is 2.56 bits per heavy atom. The minimum absolute atomic E-state index is 0.0648. The number of hydrogen-bond acceptors (Lipinski definition) is 4. The molecule has 172 valence electrons. The number of aryl methyl sites for hydroxylation is 1. The van der Waals surface area contributed by atoms with Crippen LogP contribution in [-0.2, 0) is 5.41 Å². The Bertz CT molecular complexity index is 949. The Labute approximate surface area is 202 Å². The van der Waals surface area contributed by atoms with E-state index in [1.165, 1.54) is 24.8 Å². The summed E-state index contributed by atoms with van der Waals surface area (Å²) < 4.78 is 0. The normalized spacial score (nSPS) is 22.6. The third-order valence-corrected chi connectivity index (χ3v) is 7.33. The molecule has 5 nitrogen and oxygen atoms in total. The van der Waals surface area contributed by atoms with Crippen LogP contribution in [0.15, 0.2) is 30.3 Å². The number of nitrogens with zero attached hydrogens (tertiary/aromatic N) is 3. The lowest BCUT2D eigenvalue weighted by molar-refractivity contribution is 0.355. The average molecular weight is 472 g/mol. The first-order chi connectivity index (χ1) is 15.3. The van der Waals surface area contributed by atoms with Gasteiger partial charge in [0, 0.05) is 41.8 Å². The highest BCUT2D eigenvalue weighted by Gasteiger charge is 2.35. The van der Waals surface area contributed by atoms with E-state index in [1.54, 1.807) is 0 Å². The molecule has 2 heterocycles. The summed E-state index contributed by atoms with van der Waals surface area (Å²) in [5, 5.41) is 8.04. The van der Waals surface area contributed by atoms with Crippen LogP contribution in [0.1, 0.15) is 57.2 Å². The van der Waals surface area contributed by atoms with Gasteiger partial charge >= 0.3 is 0 Å². The Hall–Kier alpha value is -1.92. The fraction of sp³-hybridized carbons (Fsp3) is 0.560. The molecular weight excluding hydrogens is 438 g/mol. The van der Waals surface area contributed by atoms with Gasteiger partial charge in [-0.25, -0.2) is 4.98 Å². The zero-order chi connectivity index (χ0) is 22.7. The SMILES string of the molecule is Cc1cc(N2C[C@@H](C)C[C@H](C)C2)nc(NC(=S)NCC2(c3cccc(Cl)c3)CCCC2)n1. The van der Waals surface area contributed by atoms with Crippen molar-refractivity contribution in [3.63, 3.8) is 0 Å². The van der Waals surface area contributed by atoms with Gasteiger partial charge in [0.1, 0.15) is 5.82 Å². The molecule has 0 amide bonds. The van der Waals surface area contributed by atoms with Crippen molar-refractivity contribution in [2.45, 2.75) is 58.3 Å². The van der Waals surface area contributed by atoms with Gasteiger partial charge in [-0.2, -0.15) is 4.98 Å². The molecule has 2 aliphatic rings. The molecule has 7 heteroatoms. The van der Waals surface area contributed by atoms with E-state index in [0.717, 1.165) is 49.0 Å². The first-order valence-electron chi connectivity index (χ1n) is 11.7. The van der Waals surface area contributed by atoms with Crippen molar-refractivity contribution in [1.82, 2.24) is 15.3 Å². The maximum atomic E-state index is 6.29. The monoisotopic (exact) mass is 471 g/mol. The number of benzene rings is 1. The number of aromatic nitrogens is 2. The van der Waals surface area contributed by atoms with Gasteiger partial charge in [-0.1, -0.05) is 50.4 Å². The van der Waals surface area contributed by atoms with Crippen LogP contribution >= 0.6 is 23.8 Å². The molecule has 4 rings (SSSR count). The van der Waals surface area contributed by atoms with E-state index in [-0.39, 0.29) is 5.41 Å². The Morgan fingerprint density at radius 2 is 1.88 bits per heavy atom. The van der Waals surface area contributed by atoms with E-state index in [4.69, 9.17) is 28.8 Å². The zero-order valence-corrected chi connectivity index (χ0v) is 20.9. The summed E-state index contributed by atoms with van der Waals surface area (Å²) in [6, 6.07) is 10.3. The predicted molar refractivity (Wildman–Crippen MR) is 138 cm³/mol. The van der Waals surface area contributed by atoms with E-state index in [1.807, 2.05) is 19.1 Å². The maximum Gasteiger partial charge on any atom is 0.231 e. The van der Waals surface area contributed by atoms with Crippen molar-refractivity contribution >= 4 is 40.7 Å². The fourth-order valence-corrected chi connectivity index (χ4v) is 5.81. The molecule has 1 aromatic heterocycles. The number of anilines is 2. The van der Waals surface area contributed by atoms with Gasteiger partial charge in [-0.05, 0) is 67.9 Å². The lowest BCUT2D eigenvalue weighted by Crippen LogP contribution is -2.41. The highest BCUT2D eigenvalue weighted by Crippen LogP contribution is 2.41. The van der Waals surface area contributed by atoms with Gasteiger partial charge in [0.05, 0.1) is 0 Å². The van der Waals surface area contributed by atoms with Gasteiger partial charge < -0.3 is 15.5 Å². The molecule has 0 unspecified atom stereocenters. The predicted octanol–water partition coefficient (Wildman–Crippen LogP) is 5.72. The molecule has 2 fully saturated rings. The van der Waals surface area contributed by atoms with E-state index < -0.39 is 0 Å². The zero-order valence-electron chi connectivity index (χ0n) is 19.3. The van der Waals surface area contributed by atoms with E-state index in [2.05, 4.69) is 52.6 Å². The average Bonchev–Trinajstić information content (AvgIpc) is 3.21. The molecule has 1 saturated heterocycles. The van der Waals surface area contributed by atoms with E-state index in [9.17, 15) is 0 Å². The number of rotatable bonds is 5. The molecule has 1 saturated carbocycles. The Morgan fingerprint density at radius 1 is 1.16 bits per heavy atom. The van der Waals surface area contributed by atoms with Crippen LogP contribution < -0.4 is 15.5 Å². The van der Waals surface area contributed by atoms with Gasteiger partial charge in [0.25, 0.3) is 0 Å². The minimum atomic E-state index is 0.0648. The first-order valence-corrected chi connectivity index (χ1v) is 12.5. The smallest absolute Gasteiger partial charge is 0.231 e. The summed E-state index contributed by atoms with van der Waals surface area (Å²) in [6.07, 6.45) is 6.00. The van der Waals surface area contributed by atoms with Crippen LogP contribution in [0, 0.1) is 18.8 Å². The molecule has 1 aromatic carbocycles. The number of thiocarbonyl (C=S) groups is 1. The third kappa shape index (κ3) is 5.52. The lowest BCUT2D eigenvalue weighted by Gasteiger charge is -2.36. The van der Waals surface area contributed by atoms with Crippen molar-refractivity contribution in [3.8, 4) is 0 Å². The molecule has 2 atom stereocenters. The largest absolute Gasteiger partial charge is 0.361 e. The molecular formula is C25H34ClN5S. The fourth-order valence-electron chi connectivity index (χ4n) is 5.45. The standard InChI is InChI=1S/C25H34ClN5S/c1-17-11-18(2)15-31(14-17)22-12-19(3)28-23(29-22)30-24(32)27-16-25(9-4-5-10-25)20-7-6-8-21(26)13-20/h6-8,12-13,17-18H,4-5,9-11,14-16H2,1-3H3,(H2,27,28,29,30,32)/t17-,18-/m0/s1. The quantitative estimate of drug-likeness (QED) is 0.544. The minimum Gasteiger partial charge on any atom is -0.361 e. The van der Waals surface area contributed by atoms with Crippen LogP contribution in [0.4, 0.5) is 11.8 Å². The van der Waals surface area contributed by atoms with E-state index in [0.29, 0.717) is 22.9 Å². The molecule has 0 radical (unpaired) electrons. The topological polar surface area (TPSA) is 53.1 Å². The second-order valence-corrected chi connectivity index (χ2v) is 10.7. The Balaban J connectivity index is 1.43. The molecule has 1 aliphatic carbocycles. The summed E-state index contributed by atoms with van der Waals surface area (Å²) >= 11 is 11.9. The number of piperidine rings is 1. The van der Waals surface area contributed by atoms with Crippen LogP contribution in [-0.4, -0.2) is 34.7 Å². The van der Waals surface area contributed by atoms with Crippen LogP contribution in [0.2, 0.25) is 5.02 Å². The summed E-state index contributed by atoms with van der Waals surface area (Å²) in [4.78, 5) is 11.7. The molecule has 0 bridgehead atoms. The van der Waals surface area contributed by atoms with E-state index >= 15 is 0 Å². The van der Waals surface area contributed by atoms with Crippen LogP contribution in [0.5, 0.6) is 0 Å². The second kappa shape index (κ2) is 9.92. The first kappa shape index (κ1) is 23.2. The van der Waals surface area contributed by atoms with Crippen LogP contribution in [0.3, 0.4) is 0 Å². The van der Waals surface area contributed by atoms with Crippen molar-refractivity contribution in [3.05, 3.63) is 46.6 Å². The van der Waals surface area contributed by atoms with Gasteiger partial charge in [0.2, 0.25) is 5.95 Å². The molecule has 0 spiro atoms. The summed E-state index contributed by atoms with van der Waals surface area (Å²) in [5.74, 6) is 2.88. The van der Waals surface area contributed by atoms with Crippen molar-refractivity contribution in [2.75, 3.05) is 29.9 Å². The van der Waals surface area contributed by atoms with Crippen LogP contribution in [0.25, 0.3) is 0 Å². The number of nitrogens with one attached hydrogen (secondary N) is 2. The Kier molecular flexibility index (Phi) is 7.21. The van der Waals surface area contributed by atoms with Crippen molar-refractivity contribution < 1.29 is 0 Å². The number of halogens is 1. The molecule has 32 heavy (non-hydrogen) atoms. The third-order valence-electron chi connectivity index (χ3n) is 6.84. The molecule has 1 aliphatic heterocycles. The second-order valence-electron chi connectivity index (χ2n) is 9.85. The molecule has 2 N–H and O–H groups in total. The summed E-state index contributed by atoms with van der Waals surface area (Å²) in [7, 11) is 0. The van der Waals surface area contributed by atoms with Gasteiger partial charge in [0.15, 0.2) is 5.11 Å². The van der Waals surface area contributed by atoms with Gasteiger partial charge in [-0.15, -0.1) is 0 Å². The van der Waals surface area contributed by atoms with Crippen molar-refractivity contribution in [2.24, 2.45) is 11.8 Å². The lowest BCUT2D eigenvalue weighted by atomic mass is 9.79. The van der Waals surface area contributed by atoms with Crippen molar-refractivity contribution in [1.29, 1.82) is 0 Å². The van der Waals surface area contributed by atoms with Gasteiger partial charge in [-0.3, -0.25) is 0 Å². The number of hydrogen-bond donors (Lipinski definition) is 2.